The van der Waals surface area contributed by atoms with Crippen LogP contribution in [0.4, 0.5) is 4.39 Å². The Morgan fingerprint density at radius 1 is 1.22 bits per heavy atom. The molecule has 150 valence electrons. The van der Waals surface area contributed by atoms with Gasteiger partial charge in [-0.15, -0.1) is 0 Å². The molecule has 0 atom stereocenters. The Labute approximate surface area is 163 Å². The minimum Gasteiger partial charge on any atom is -0.378 e. The van der Waals surface area contributed by atoms with Gasteiger partial charge in [0.1, 0.15) is 5.82 Å². The molecule has 0 bridgehead atoms. The number of aliphatic imine (C=N–C) groups is 1. The Hall–Kier alpha value is -1.62. The van der Waals surface area contributed by atoms with Crippen LogP contribution in [0.1, 0.15) is 50.5 Å². The minimum atomic E-state index is -0.158. The molecule has 4 nitrogen and oxygen atoms in total. The van der Waals surface area contributed by atoms with Gasteiger partial charge < -0.3 is 15.0 Å². The Bertz CT molecular complexity index is 593. The van der Waals surface area contributed by atoms with Gasteiger partial charge in [0.2, 0.25) is 0 Å². The summed E-state index contributed by atoms with van der Waals surface area (Å²) in [6.07, 6.45) is 9.88. The van der Waals surface area contributed by atoms with Crippen molar-refractivity contribution in [3.8, 4) is 0 Å². The van der Waals surface area contributed by atoms with E-state index in [2.05, 4.69) is 15.2 Å². The number of rotatable bonds is 7. The van der Waals surface area contributed by atoms with E-state index < -0.39 is 0 Å². The molecule has 0 unspecified atom stereocenters. The molecule has 1 N–H and O–H groups in total. The average molecular weight is 376 g/mol. The average Bonchev–Trinajstić information content (AvgIpc) is 3.21. The zero-order chi connectivity index (χ0) is 18.9. The highest BCUT2D eigenvalue weighted by molar-refractivity contribution is 5.79. The molecule has 0 amide bonds. The number of guanidine groups is 1. The number of halogens is 1. The number of piperidine rings is 1. The molecule has 2 fully saturated rings. The smallest absolute Gasteiger partial charge is 0.193 e. The second-order valence-electron chi connectivity index (χ2n) is 7.88. The van der Waals surface area contributed by atoms with E-state index in [1.165, 1.54) is 31.7 Å². The monoisotopic (exact) mass is 375 g/mol. The van der Waals surface area contributed by atoms with Crippen molar-refractivity contribution in [1.82, 2.24) is 10.2 Å². The maximum Gasteiger partial charge on any atom is 0.193 e. The van der Waals surface area contributed by atoms with Gasteiger partial charge in [0.05, 0.1) is 6.10 Å². The van der Waals surface area contributed by atoms with E-state index in [0.29, 0.717) is 6.10 Å². The number of nitrogens with zero attached hydrogens (tertiary/aromatic N) is 2. The van der Waals surface area contributed by atoms with E-state index in [-0.39, 0.29) is 5.82 Å². The van der Waals surface area contributed by atoms with Crippen molar-refractivity contribution in [2.75, 3.05) is 33.3 Å². The van der Waals surface area contributed by atoms with Gasteiger partial charge in [-0.25, -0.2) is 4.39 Å². The van der Waals surface area contributed by atoms with Crippen LogP contribution in [0.2, 0.25) is 0 Å². The third kappa shape index (κ3) is 6.49. The quantitative estimate of drug-likeness (QED) is 0.444. The molecule has 1 aliphatic carbocycles. The summed E-state index contributed by atoms with van der Waals surface area (Å²) in [5.74, 6) is 1.62. The largest absolute Gasteiger partial charge is 0.378 e. The van der Waals surface area contributed by atoms with Crippen molar-refractivity contribution in [3.05, 3.63) is 35.6 Å². The third-order valence-corrected chi connectivity index (χ3v) is 5.81. The highest BCUT2D eigenvalue weighted by Crippen LogP contribution is 2.26. The van der Waals surface area contributed by atoms with Crippen LogP contribution in [0, 0.1) is 11.7 Å². The molecule has 1 aromatic carbocycles. The Kier molecular flexibility index (Phi) is 7.93. The van der Waals surface area contributed by atoms with Gasteiger partial charge in [0, 0.05) is 33.3 Å². The molecule has 1 saturated heterocycles. The van der Waals surface area contributed by atoms with Crippen LogP contribution in [0.15, 0.2) is 29.3 Å². The van der Waals surface area contributed by atoms with Gasteiger partial charge in [-0.05, 0) is 62.1 Å². The molecule has 2 aliphatic rings. The van der Waals surface area contributed by atoms with Gasteiger partial charge in [0.25, 0.3) is 0 Å². The lowest BCUT2D eigenvalue weighted by molar-refractivity contribution is 0.00102. The lowest BCUT2D eigenvalue weighted by Gasteiger charge is -2.34. The standard InChI is InChI=1S/C22H34FN3O/c1-24-22(25-13-5-9-18-8-4-10-20(23)16-18)26-14-11-21(12-15-26)27-17-19-6-2-3-7-19/h4,8,10,16,19,21H,2-3,5-7,9,11-15,17H2,1H3,(H,24,25). The summed E-state index contributed by atoms with van der Waals surface area (Å²) >= 11 is 0. The van der Waals surface area contributed by atoms with Crippen LogP contribution in [0.5, 0.6) is 0 Å². The molecular formula is C22H34FN3O. The summed E-state index contributed by atoms with van der Waals surface area (Å²) in [4.78, 5) is 6.77. The van der Waals surface area contributed by atoms with E-state index in [0.717, 1.165) is 69.4 Å². The first-order valence-corrected chi connectivity index (χ1v) is 10.6. The summed E-state index contributed by atoms with van der Waals surface area (Å²) in [7, 11) is 1.84. The number of hydrogen-bond donors (Lipinski definition) is 1. The van der Waals surface area contributed by atoms with Crippen molar-refractivity contribution in [1.29, 1.82) is 0 Å². The summed E-state index contributed by atoms with van der Waals surface area (Å²) in [5.41, 5.74) is 1.05. The second-order valence-corrected chi connectivity index (χ2v) is 7.88. The maximum absolute atomic E-state index is 13.2. The van der Waals surface area contributed by atoms with Gasteiger partial charge in [0.15, 0.2) is 5.96 Å². The van der Waals surface area contributed by atoms with Crippen LogP contribution in [-0.4, -0.2) is 50.3 Å². The van der Waals surface area contributed by atoms with E-state index in [4.69, 9.17) is 4.74 Å². The number of aryl methyl sites for hydroxylation is 1. The van der Waals surface area contributed by atoms with Crippen LogP contribution < -0.4 is 5.32 Å². The predicted molar refractivity (Wildman–Crippen MR) is 109 cm³/mol. The molecule has 0 aromatic heterocycles. The third-order valence-electron chi connectivity index (χ3n) is 5.81. The molecule has 1 heterocycles. The lowest BCUT2D eigenvalue weighted by Crippen LogP contribution is -2.47. The van der Waals surface area contributed by atoms with Crippen LogP contribution in [-0.2, 0) is 11.2 Å². The molecule has 3 rings (SSSR count). The first-order chi connectivity index (χ1) is 13.2. The SMILES string of the molecule is CN=C(NCCCc1cccc(F)c1)N1CCC(OCC2CCCC2)CC1. The maximum atomic E-state index is 13.2. The molecule has 0 radical (unpaired) electrons. The first kappa shape index (κ1) is 20.1. The number of likely N-dealkylation sites (tertiary alicyclic amines) is 1. The van der Waals surface area contributed by atoms with Crippen LogP contribution >= 0.6 is 0 Å². The molecule has 0 spiro atoms. The molecule has 1 saturated carbocycles. The molecule has 5 heteroatoms. The van der Waals surface area contributed by atoms with Crippen molar-refractivity contribution in [2.24, 2.45) is 10.9 Å². The minimum absolute atomic E-state index is 0.158. The van der Waals surface area contributed by atoms with Gasteiger partial charge in [-0.1, -0.05) is 25.0 Å². The second kappa shape index (κ2) is 10.6. The van der Waals surface area contributed by atoms with E-state index >= 15 is 0 Å². The topological polar surface area (TPSA) is 36.9 Å². The fourth-order valence-electron chi connectivity index (χ4n) is 4.20. The summed E-state index contributed by atoms with van der Waals surface area (Å²) in [6.45, 7) is 3.80. The summed E-state index contributed by atoms with van der Waals surface area (Å²) < 4.78 is 19.4. The Balaban J connectivity index is 1.32. The van der Waals surface area contributed by atoms with Crippen molar-refractivity contribution in [3.63, 3.8) is 0 Å². The van der Waals surface area contributed by atoms with Crippen molar-refractivity contribution < 1.29 is 9.13 Å². The summed E-state index contributed by atoms with van der Waals surface area (Å²) in [6, 6.07) is 6.86. The summed E-state index contributed by atoms with van der Waals surface area (Å²) in [5, 5.41) is 3.46. The fraction of sp³-hybridized carbons (Fsp3) is 0.682. The van der Waals surface area contributed by atoms with E-state index in [1.807, 2.05) is 13.1 Å². The number of ether oxygens (including phenoxy) is 1. The highest BCUT2D eigenvalue weighted by Gasteiger charge is 2.23. The zero-order valence-electron chi connectivity index (χ0n) is 16.6. The van der Waals surface area contributed by atoms with Crippen LogP contribution in [0.3, 0.4) is 0 Å². The van der Waals surface area contributed by atoms with Crippen molar-refractivity contribution >= 4 is 5.96 Å². The fourth-order valence-corrected chi connectivity index (χ4v) is 4.20. The lowest BCUT2D eigenvalue weighted by atomic mass is 10.1. The zero-order valence-corrected chi connectivity index (χ0v) is 16.6. The molecular weight excluding hydrogens is 341 g/mol. The Morgan fingerprint density at radius 2 is 2.00 bits per heavy atom. The Morgan fingerprint density at radius 3 is 2.70 bits per heavy atom. The number of hydrogen-bond acceptors (Lipinski definition) is 2. The molecule has 1 aromatic rings. The normalized spacial score (nSPS) is 19.6. The highest BCUT2D eigenvalue weighted by atomic mass is 19.1. The van der Waals surface area contributed by atoms with E-state index in [1.54, 1.807) is 12.1 Å². The van der Waals surface area contributed by atoms with Gasteiger partial charge in [-0.3, -0.25) is 4.99 Å². The van der Waals surface area contributed by atoms with E-state index in [9.17, 15) is 4.39 Å². The first-order valence-electron chi connectivity index (χ1n) is 10.6. The number of benzene rings is 1. The van der Waals surface area contributed by atoms with Gasteiger partial charge in [-0.2, -0.15) is 0 Å². The number of nitrogens with one attached hydrogen (secondary N) is 1. The van der Waals surface area contributed by atoms with Crippen molar-refractivity contribution in [2.45, 2.75) is 57.5 Å². The molecule has 27 heavy (non-hydrogen) atoms. The van der Waals surface area contributed by atoms with Gasteiger partial charge >= 0.3 is 0 Å². The molecule has 1 aliphatic heterocycles. The predicted octanol–water partition coefficient (Wildman–Crippen LogP) is 4.00. The van der Waals surface area contributed by atoms with Crippen LogP contribution in [0.25, 0.3) is 0 Å².